The molecular weight excluding hydrogens is 367 g/mol. The summed E-state index contributed by atoms with van der Waals surface area (Å²) in [6.07, 6.45) is 8.23. The van der Waals surface area contributed by atoms with E-state index in [-0.39, 0.29) is 17.1 Å². The van der Waals surface area contributed by atoms with Crippen LogP contribution in [0.15, 0.2) is 55.1 Å². The number of rotatable bonds is 7. The second-order valence-corrected chi connectivity index (χ2v) is 7.73. The summed E-state index contributed by atoms with van der Waals surface area (Å²) in [6.45, 7) is 5.65. The van der Waals surface area contributed by atoms with Crippen LogP contribution in [0.4, 0.5) is 4.39 Å². The number of carbonyl (C=O) groups excluding carboxylic acids is 2. The van der Waals surface area contributed by atoms with Gasteiger partial charge in [0.25, 0.3) is 0 Å². The molecule has 29 heavy (non-hydrogen) atoms. The predicted octanol–water partition coefficient (Wildman–Crippen LogP) is 6.49. The Morgan fingerprint density at radius 2 is 1.79 bits per heavy atom. The van der Waals surface area contributed by atoms with Crippen molar-refractivity contribution in [2.75, 3.05) is 0 Å². The minimum Gasteiger partial charge on any atom is -0.423 e. The van der Waals surface area contributed by atoms with Crippen LogP contribution in [-0.4, -0.2) is 11.8 Å². The van der Waals surface area contributed by atoms with Gasteiger partial charge in [-0.1, -0.05) is 32.4 Å². The molecule has 1 aliphatic rings. The number of carbonyl (C=O) groups is 2. The first kappa shape index (κ1) is 21.0. The number of ketones is 1. The number of allylic oxidation sites excluding steroid dienone is 1. The van der Waals surface area contributed by atoms with Crippen LogP contribution in [0.1, 0.15) is 77.6 Å². The quantitative estimate of drug-likeness (QED) is 0.233. The van der Waals surface area contributed by atoms with Crippen LogP contribution in [0, 0.1) is 11.7 Å². The SMILES string of the molecule is C=CC(=O)c1ccc(OC(=O)c2ccc(C3CCC(CCC)CC3)cc2F)cc1. The van der Waals surface area contributed by atoms with Gasteiger partial charge >= 0.3 is 5.97 Å². The average Bonchev–Trinajstić information content (AvgIpc) is 2.74. The lowest BCUT2D eigenvalue weighted by molar-refractivity contribution is 0.0730. The van der Waals surface area contributed by atoms with E-state index in [1.807, 2.05) is 6.07 Å². The van der Waals surface area contributed by atoms with Crippen molar-refractivity contribution in [3.63, 3.8) is 0 Å². The molecule has 152 valence electrons. The third-order valence-corrected chi connectivity index (χ3v) is 5.76. The largest absolute Gasteiger partial charge is 0.423 e. The Kier molecular flexibility index (Phi) is 6.97. The van der Waals surface area contributed by atoms with E-state index >= 15 is 0 Å². The summed E-state index contributed by atoms with van der Waals surface area (Å²) in [5.41, 5.74) is 1.32. The maximum atomic E-state index is 14.6. The van der Waals surface area contributed by atoms with Crippen LogP contribution >= 0.6 is 0 Å². The number of benzene rings is 2. The molecule has 1 saturated carbocycles. The molecule has 0 N–H and O–H groups in total. The molecule has 2 aromatic rings. The third-order valence-electron chi connectivity index (χ3n) is 5.76. The molecule has 1 fully saturated rings. The molecule has 0 radical (unpaired) electrons. The van der Waals surface area contributed by atoms with Gasteiger partial charge in [0.2, 0.25) is 0 Å². The van der Waals surface area contributed by atoms with Crippen molar-refractivity contribution < 1.29 is 18.7 Å². The predicted molar refractivity (Wildman–Crippen MR) is 112 cm³/mol. The molecule has 1 aliphatic carbocycles. The van der Waals surface area contributed by atoms with Crippen LogP contribution in [0.2, 0.25) is 0 Å². The van der Waals surface area contributed by atoms with Gasteiger partial charge in [0.05, 0.1) is 5.56 Å². The van der Waals surface area contributed by atoms with E-state index in [0.717, 1.165) is 24.3 Å². The number of esters is 1. The van der Waals surface area contributed by atoms with Gasteiger partial charge in [0.1, 0.15) is 11.6 Å². The Hall–Kier alpha value is -2.75. The fraction of sp³-hybridized carbons (Fsp3) is 0.360. The molecule has 4 heteroatoms. The first-order chi connectivity index (χ1) is 14.0. The second-order valence-electron chi connectivity index (χ2n) is 7.73. The Morgan fingerprint density at radius 1 is 1.10 bits per heavy atom. The molecule has 0 heterocycles. The molecule has 0 amide bonds. The van der Waals surface area contributed by atoms with Crippen molar-refractivity contribution in [2.24, 2.45) is 5.92 Å². The monoisotopic (exact) mass is 394 g/mol. The van der Waals surface area contributed by atoms with Gasteiger partial charge in [0.15, 0.2) is 5.78 Å². The second kappa shape index (κ2) is 9.64. The van der Waals surface area contributed by atoms with Gasteiger partial charge in [-0.05, 0) is 85.6 Å². The van der Waals surface area contributed by atoms with Crippen LogP contribution < -0.4 is 4.74 Å². The number of halogens is 1. The highest BCUT2D eigenvalue weighted by Gasteiger charge is 2.23. The summed E-state index contributed by atoms with van der Waals surface area (Å²) in [7, 11) is 0. The van der Waals surface area contributed by atoms with Crippen molar-refractivity contribution in [2.45, 2.75) is 51.4 Å². The molecule has 0 atom stereocenters. The molecule has 0 bridgehead atoms. The Labute approximate surface area is 171 Å². The van der Waals surface area contributed by atoms with E-state index in [2.05, 4.69) is 13.5 Å². The average molecular weight is 394 g/mol. The minimum absolute atomic E-state index is 0.0836. The number of hydrogen-bond acceptors (Lipinski definition) is 3. The van der Waals surface area contributed by atoms with Gasteiger partial charge in [-0.2, -0.15) is 0 Å². The molecule has 0 spiro atoms. The molecule has 0 unspecified atom stereocenters. The lowest BCUT2D eigenvalue weighted by Crippen LogP contribution is -2.15. The minimum atomic E-state index is -0.747. The van der Waals surface area contributed by atoms with Gasteiger partial charge in [-0.3, -0.25) is 4.79 Å². The zero-order valence-electron chi connectivity index (χ0n) is 16.8. The molecular formula is C25H27FO3. The maximum absolute atomic E-state index is 14.6. The van der Waals surface area contributed by atoms with E-state index in [4.69, 9.17) is 4.74 Å². The van der Waals surface area contributed by atoms with E-state index in [1.165, 1.54) is 56.0 Å². The van der Waals surface area contributed by atoms with Crippen molar-refractivity contribution in [3.8, 4) is 5.75 Å². The third kappa shape index (κ3) is 5.20. The smallest absolute Gasteiger partial charge is 0.346 e. The molecule has 0 aromatic heterocycles. The highest BCUT2D eigenvalue weighted by atomic mass is 19.1. The maximum Gasteiger partial charge on any atom is 0.346 e. The fourth-order valence-corrected chi connectivity index (χ4v) is 4.11. The summed E-state index contributed by atoms with van der Waals surface area (Å²) in [4.78, 5) is 23.9. The zero-order chi connectivity index (χ0) is 20.8. The van der Waals surface area contributed by atoms with E-state index in [1.54, 1.807) is 12.1 Å². The lowest BCUT2D eigenvalue weighted by Gasteiger charge is -2.28. The van der Waals surface area contributed by atoms with Crippen molar-refractivity contribution in [1.82, 2.24) is 0 Å². The van der Waals surface area contributed by atoms with Gasteiger partial charge in [-0.15, -0.1) is 0 Å². The number of hydrogen-bond donors (Lipinski definition) is 0. The molecule has 3 nitrogen and oxygen atoms in total. The first-order valence-electron chi connectivity index (χ1n) is 10.3. The summed E-state index contributed by atoms with van der Waals surface area (Å²) in [5.74, 6) is -0.104. The van der Waals surface area contributed by atoms with Gasteiger partial charge < -0.3 is 4.74 Å². The standard InChI is InChI=1S/C25H27FO3/c1-3-5-17-6-8-18(9-7-17)20-12-15-22(23(26)16-20)25(28)29-21-13-10-19(11-14-21)24(27)4-2/h4,10-18H,2-3,5-9H2,1H3. The molecule has 0 saturated heterocycles. The highest BCUT2D eigenvalue weighted by molar-refractivity contribution is 6.04. The van der Waals surface area contributed by atoms with Crippen LogP contribution in [-0.2, 0) is 0 Å². The Bertz CT molecular complexity index is 877. The van der Waals surface area contributed by atoms with Crippen LogP contribution in [0.3, 0.4) is 0 Å². The summed E-state index contributed by atoms with van der Waals surface area (Å²) >= 11 is 0. The molecule has 2 aromatic carbocycles. The van der Waals surface area contributed by atoms with Crippen LogP contribution in [0.5, 0.6) is 5.75 Å². The Balaban J connectivity index is 1.64. The van der Waals surface area contributed by atoms with Crippen LogP contribution in [0.25, 0.3) is 0 Å². The normalized spacial score (nSPS) is 18.8. The first-order valence-corrected chi connectivity index (χ1v) is 10.3. The van der Waals surface area contributed by atoms with Gasteiger partial charge in [0, 0.05) is 5.56 Å². The Morgan fingerprint density at radius 3 is 2.38 bits per heavy atom. The fourth-order valence-electron chi connectivity index (χ4n) is 4.11. The molecule has 3 rings (SSSR count). The number of ether oxygens (including phenoxy) is 1. The zero-order valence-corrected chi connectivity index (χ0v) is 16.8. The summed E-state index contributed by atoms with van der Waals surface area (Å²) in [6, 6.07) is 10.9. The highest BCUT2D eigenvalue weighted by Crippen LogP contribution is 2.37. The van der Waals surface area contributed by atoms with E-state index < -0.39 is 11.8 Å². The lowest BCUT2D eigenvalue weighted by atomic mass is 9.77. The van der Waals surface area contributed by atoms with E-state index in [0.29, 0.717) is 11.5 Å². The summed E-state index contributed by atoms with van der Waals surface area (Å²) in [5, 5.41) is 0. The summed E-state index contributed by atoms with van der Waals surface area (Å²) < 4.78 is 19.9. The topological polar surface area (TPSA) is 43.4 Å². The molecule has 0 aliphatic heterocycles. The van der Waals surface area contributed by atoms with Crippen molar-refractivity contribution in [3.05, 3.63) is 77.6 Å². The van der Waals surface area contributed by atoms with E-state index in [9.17, 15) is 14.0 Å². The van der Waals surface area contributed by atoms with Crippen molar-refractivity contribution >= 4 is 11.8 Å². The van der Waals surface area contributed by atoms with Gasteiger partial charge in [-0.25, -0.2) is 9.18 Å². The van der Waals surface area contributed by atoms with Crippen molar-refractivity contribution in [1.29, 1.82) is 0 Å².